The van der Waals surface area contributed by atoms with E-state index >= 15 is 0 Å². The largest absolute Gasteiger partial charge is 0.505 e. The number of hydrogen-bond acceptors (Lipinski definition) is 4. The number of fused-ring (bicyclic) bond motifs is 2. The average molecular weight is 1060 g/mol. The number of ether oxygens (including phenoxy) is 1. The summed E-state index contributed by atoms with van der Waals surface area (Å²) in [4.78, 5) is 25.2. The molecule has 0 amide bonds. The molecule has 4 rings (SSSR count). The molecule has 0 bridgehead atoms. The highest BCUT2D eigenvalue weighted by Gasteiger charge is 2.45. The Labute approximate surface area is 267 Å². The van der Waals surface area contributed by atoms with Gasteiger partial charge in [-0.25, -0.2) is 4.79 Å². The predicted molar refractivity (Wildman–Crippen MR) is 164 cm³/mol. The first kappa shape index (κ1) is 27.1. The molecule has 2 atom stereocenters. The Balaban J connectivity index is 2.19. The van der Waals surface area contributed by atoms with Crippen LogP contribution in [0.4, 0.5) is 0 Å². The number of allylic oxidation sites excluding steroid dienone is 3. The zero-order valence-electron chi connectivity index (χ0n) is 15.5. The molecule has 1 heterocycles. The lowest BCUT2D eigenvalue weighted by Crippen LogP contribution is -2.30. The van der Waals surface area contributed by atoms with E-state index in [4.69, 9.17) is 16.3 Å². The molecule has 33 heavy (non-hydrogen) atoms. The first-order valence-corrected chi connectivity index (χ1v) is 15.5. The van der Waals surface area contributed by atoms with Gasteiger partial charge in [0.25, 0.3) is 0 Å². The number of Topliss-reactive ketones (excluding diaryl/α,β-unsaturated/α-hetero) is 1. The van der Waals surface area contributed by atoms with Crippen LogP contribution in [0.25, 0.3) is 0 Å². The first-order chi connectivity index (χ1) is 15.4. The molecular weight excluding hydrogens is 1060 g/mol. The van der Waals surface area contributed by atoms with Crippen LogP contribution in [0.5, 0.6) is 11.5 Å². The predicted octanol–water partition coefficient (Wildman–Crippen LogP) is 9.09. The molecule has 13 heteroatoms. The molecule has 2 aromatic carbocycles. The van der Waals surface area contributed by atoms with Crippen molar-refractivity contribution in [3.05, 3.63) is 68.2 Å². The van der Waals surface area contributed by atoms with E-state index in [1.54, 1.807) is 12.1 Å². The summed E-state index contributed by atoms with van der Waals surface area (Å²) >= 11 is 26.2. The van der Waals surface area contributed by atoms with Gasteiger partial charge in [0.15, 0.2) is 5.75 Å². The third-order valence-electron chi connectivity index (χ3n) is 5.17. The van der Waals surface area contributed by atoms with Crippen LogP contribution in [-0.4, -0.2) is 22.0 Å². The number of ketones is 1. The Morgan fingerprint density at radius 1 is 1.06 bits per heavy atom. The molecule has 2 aromatic rings. The van der Waals surface area contributed by atoms with Crippen molar-refractivity contribution in [2.75, 3.05) is 0 Å². The second kappa shape index (κ2) is 10.1. The normalized spacial score (nSPS) is 19.6. The Bertz CT molecular complexity index is 1360. The molecule has 1 aliphatic carbocycles. The van der Waals surface area contributed by atoms with Crippen molar-refractivity contribution in [2.24, 2.45) is 5.92 Å². The molecular formula is C20H6Br4ClI3O5. The number of rotatable bonds is 2. The minimum absolute atomic E-state index is 0.0451. The van der Waals surface area contributed by atoms with Crippen molar-refractivity contribution in [1.82, 2.24) is 0 Å². The van der Waals surface area contributed by atoms with Crippen molar-refractivity contribution >= 4 is 155 Å². The van der Waals surface area contributed by atoms with Gasteiger partial charge in [-0.1, -0.05) is 17.7 Å². The lowest BCUT2D eigenvalue weighted by molar-refractivity contribution is -0.111. The number of aromatic carboxylic acids is 1. The van der Waals surface area contributed by atoms with Crippen LogP contribution in [-0.2, 0) is 4.79 Å². The van der Waals surface area contributed by atoms with E-state index in [1.807, 2.05) is 67.8 Å². The number of hydrogen-bond donors (Lipinski definition) is 2. The second-order valence-corrected chi connectivity index (χ2v) is 13.8. The minimum atomic E-state index is -1.14. The van der Waals surface area contributed by atoms with Gasteiger partial charge in [0.1, 0.15) is 15.1 Å². The molecule has 2 N–H and O–H groups in total. The standard InChI is InChI=1S/C20H6Br4ClI3O5/c21-10-8(9(20(31)32)11(22)13(24)12(10)23)7-3-1-5(25)16(29)14(27)18(3)33-19-4(7)2-6(26)17(30)15(19)28/h1-2,4,7,29H,(H,31,32). The van der Waals surface area contributed by atoms with Crippen LogP contribution in [0.1, 0.15) is 27.4 Å². The molecule has 2 unspecified atom stereocenters. The molecule has 0 saturated carbocycles. The van der Waals surface area contributed by atoms with Crippen molar-refractivity contribution < 1.29 is 24.5 Å². The highest BCUT2D eigenvalue weighted by molar-refractivity contribution is 14.1. The fourth-order valence-electron chi connectivity index (χ4n) is 3.77. The molecule has 0 aromatic heterocycles. The summed E-state index contributed by atoms with van der Waals surface area (Å²) in [5, 5.41) is 20.8. The van der Waals surface area contributed by atoms with Crippen molar-refractivity contribution in [1.29, 1.82) is 0 Å². The van der Waals surface area contributed by atoms with Gasteiger partial charge in [0.2, 0.25) is 5.78 Å². The van der Waals surface area contributed by atoms with Gasteiger partial charge >= 0.3 is 5.97 Å². The molecule has 1 aliphatic heterocycles. The SMILES string of the molecule is O=C1C(I)=CC2C(=C1I)Oc1c(cc(Cl)c(O)c1I)C2c1c(Br)c(Br)c(Br)c(Br)c1C(=O)O. The summed E-state index contributed by atoms with van der Waals surface area (Å²) in [6, 6.07) is 1.59. The topological polar surface area (TPSA) is 83.8 Å². The number of aromatic hydroxyl groups is 1. The van der Waals surface area contributed by atoms with Gasteiger partial charge in [-0.05, 0) is 143 Å². The molecule has 0 fully saturated rings. The maximum atomic E-state index is 12.7. The molecule has 2 aliphatic rings. The molecule has 0 spiro atoms. The zero-order chi connectivity index (χ0) is 24.5. The van der Waals surface area contributed by atoms with Crippen LogP contribution in [0.3, 0.4) is 0 Å². The van der Waals surface area contributed by atoms with Crippen LogP contribution >= 0.6 is 143 Å². The lowest BCUT2D eigenvalue weighted by Gasteiger charge is -2.38. The third kappa shape index (κ3) is 4.41. The van der Waals surface area contributed by atoms with Gasteiger partial charge in [0, 0.05) is 35.3 Å². The summed E-state index contributed by atoms with van der Waals surface area (Å²) < 4.78 is 9.51. The molecule has 5 nitrogen and oxygen atoms in total. The smallest absolute Gasteiger partial charge is 0.337 e. The number of phenolic OH excluding ortho intramolecular Hbond substituents is 1. The van der Waals surface area contributed by atoms with Crippen LogP contribution in [0, 0.1) is 9.49 Å². The fraction of sp³-hybridized carbons (Fsp3) is 0.100. The maximum Gasteiger partial charge on any atom is 0.337 e. The number of carboxylic acid groups (broad SMARTS) is 1. The number of halogens is 8. The number of carboxylic acids is 1. The number of benzene rings is 2. The lowest BCUT2D eigenvalue weighted by atomic mass is 9.74. The van der Waals surface area contributed by atoms with Gasteiger partial charge in [-0.3, -0.25) is 4.79 Å². The average Bonchev–Trinajstić information content (AvgIpc) is 2.76. The van der Waals surface area contributed by atoms with E-state index in [1.165, 1.54) is 0 Å². The Morgan fingerprint density at radius 3 is 2.27 bits per heavy atom. The van der Waals surface area contributed by atoms with Gasteiger partial charge in [0.05, 0.1) is 17.7 Å². The molecule has 0 radical (unpaired) electrons. The van der Waals surface area contributed by atoms with E-state index in [0.717, 1.165) is 0 Å². The summed E-state index contributed by atoms with van der Waals surface area (Å²) in [7, 11) is 0. The second-order valence-electron chi connectivity index (χ2n) is 6.92. The highest BCUT2D eigenvalue weighted by atomic mass is 127. The summed E-state index contributed by atoms with van der Waals surface area (Å²) in [5.74, 6) is -1.81. The molecule has 0 saturated heterocycles. The fourth-order valence-corrected chi connectivity index (χ4v) is 9.35. The molecule has 172 valence electrons. The van der Waals surface area contributed by atoms with Gasteiger partial charge in [-0.15, -0.1) is 0 Å². The number of carbonyl (C=O) groups is 2. The zero-order valence-corrected chi connectivity index (χ0v) is 29.0. The maximum absolute atomic E-state index is 12.7. The van der Waals surface area contributed by atoms with Crippen LogP contribution in [0.15, 0.2) is 43.0 Å². The summed E-state index contributed by atoms with van der Waals surface area (Å²) in [6.07, 6.45) is 1.78. The van der Waals surface area contributed by atoms with Crippen molar-refractivity contribution in [3.8, 4) is 11.5 Å². The quantitative estimate of drug-likeness (QED) is 0.178. The Kier molecular flexibility index (Phi) is 8.28. The van der Waals surface area contributed by atoms with E-state index in [9.17, 15) is 19.8 Å². The van der Waals surface area contributed by atoms with E-state index in [0.29, 0.717) is 51.3 Å². The Hall–Kier alpha value is 1.06. The monoisotopic (exact) mass is 1060 g/mol. The van der Waals surface area contributed by atoms with Crippen LogP contribution < -0.4 is 4.74 Å². The highest BCUT2D eigenvalue weighted by Crippen LogP contribution is 2.57. The van der Waals surface area contributed by atoms with Crippen LogP contribution in [0.2, 0.25) is 5.02 Å². The number of carbonyl (C=O) groups excluding carboxylic acids is 1. The van der Waals surface area contributed by atoms with E-state index in [2.05, 4.69) is 63.7 Å². The Morgan fingerprint density at radius 2 is 1.67 bits per heavy atom. The minimum Gasteiger partial charge on any atom is -0.505 e. The first-order valence-electron chi connectivity index (χ1n) is 8.67. The van der Waals surface area contributed by atoms with E-state index in [-0.39, 0.29) is 22.1 Å². The number of phenols is 1. The van der Waals surface area contributed by atoms with Crippen molar-refractivity contribution in [2.45, 2.75) is 5.92 Å². The van der Waals surface area contributed by atoms with Crippen molar-refractivity contribution in [3.63, 3.8) is 0 Å². The van der Waals surface area contributed by atoms with E-state index < -0.39 is 17.8 Å². The van der Waals surface area contributed by atoms with Gasteiger partial charge in [-0.2, -0.15) is 0 Å². The summed E-state index contributed by atoms with van der Waals surface area (Å²) in [5.41, 5.74) is 1.11. The summed E-state index contributed by atoms with van der Waals surface area (Å²) in [6.45, 7) is 0. The third-order valence-corrected chi connectivity index (χ3v) is 13.1. The van der Waals surface area contributed by atoms with Gasteiger partial charge < -0.3 is 14.9 Å².